The molecule has 0 unspecified atom stereocenters. The van der Waals surface area contributed by atoms with Crippen LogP contribution in [0.15, 0.2) is 47.6 Å². The second kappa shape index (κ2) is 9.61. The van der Waals surface area contributed by atoms with E-state index in [0.29, 0.717) is 6.54 Å². The van der Waals surface area contributed by atoms with E-state index in [2.05, 4.69) is 38.5 Å². The van der Waals surface area contributed by atoms with Crippen molar-refractivity contribution >= 4 is 35.5 Å². The second-order valence-electron chi connectivity index (χ2n) is 6.00. The Labute approximate surface area is 172 Å². The monoisotopic (exact) mass is 467 g/mol. The number of methoxy groups -OCH3 is 1. The van der Waals surface area contributed by atoms with Crippen LogP contribution in [0, 0.1) is 0 Å². The standard InChI is InChI=1S/C19H25N5O.HI/c1-20-19(21-14-17-7-10-22-23(17)2)24-11-8-15(9-12-24)16-5-4-6-18(13-16)25-3;/h4-8,10,13H,9,11-12,14H2,1-3H3,(H,20,21);1H. The number of hydrogen-bond acceptors (Lipinski definition) is 3. The van der Waals surface area contributed by atoms with E-state index in [-0.39, 0.29) is 24.0 Å². The summed E-state index contributed by atoms with van der Waals surface area (Å²) < 4.78 is 7.20. The quantitative estimate of drug-likeness (QED) is 0.427. The average molecular weight is 467 g/mol. The number of ether oxygens (including phenoxy) is 1. The maximum absolute atomic E-state index is 5.33. The van der Waals surface area contributed by atoms with Crippen LogP contribution >= 0.6 is 24.0 Å². The van der Waals surface area contributed by atoms with Crippen molar-refractivity contribution in [2.45, 2.75) is 13.0 Å². The van der Waals surface area contributed by atoms with Crippen molar-refractivity contribution in [2.24, 2.45) is 12.0 Å². The van der Waals surface area contributed by atoms with Crippen LogP contribution in [-0.2, 0) is 13.6 Å². The van der Waals surface area contributed by atoms with E-state index >= 15 is 0 Å². The van der Waals surface area contributed by atoms with Crippen molar-refractivity contribution < 1.29 is 4.74 Å². The molecule has 140 valence electrons. The minimum atomic E-state index is 0. The average Bonchev–Trinajstić information content (AvgIpc) is 3.08. The summed E-state index contributed by atoms with van der Waals surface area (Å²) in [6.45, 7) is 2.50. The number of aliphatic imine (C=N–C) groups is 1. The second-order valence-corrected chi connectivity index (χ2v) is 6.00. The summed E-state index contributed by atoms with van der Waals surface area (Å²) in [4.78, 5) is 6.68. The van der Waals surface area contributed by atoms with E-state index in [1.165, 1.54) is 11.1 Å². The van der Waals surface area contributed by atoms with Gasteiger partial charge in [-0.1, -0.05) is 18.2 Å². The molecule has 1 aromatic heterocycles. The van der Waals surface area contributed by atoms with E-state index in [0.717, 1.165) is 36.9 Å². The van der Waals surface area contributed by atoms with Gasteiger partial charge < -0.3 is 15.0 Å². The van der Waals surface area contributed by atoms with Gasteiger partial charge in [-0.15, -0.1) is 24.0 Å². The molecule has 26 heavy (non-hydrogen) atoms. The molecule has 3 rings (SSSR count). The Morgan fingerprint density at radius 1 is 1.35 bits per heavy atom. The molecule has 0 saturated heterocycles. The zero-order chi connectivity index (χ0) is 17.6. The molecule has 0 amide bonds. The highest BCUT2D eigenvalue weighted by Crippen LogP contribution is 2.25. The SMILES string of the molecule is CN=C(NCc1ccnn1C)N1CC=C(c2cccc(OC)c2)CC1.I. The molecule has 1 N–H and O–H groups in total. The fraction of sp³-hybridized carbons (Fsp3) is 0.368. The predicted molar refractivity (Wildman–Crippen MR) is 116 cm³/mol. The molecule has 0 radical (unpaired) electrons. The third-order valence-electron chi connectivity index (χ3n) is 4.51. The highest BCUT2D eigenvalue weighted by atomic mass is 127. The van der Waals surface area contributed by atoms with Gasteiger partial charge in [0, 0.05) is 33.4 Å². The van der Waals surface area contributed by atoms with Gasteiger partial charge in [0.05, 0.1) is 19.3 Å². The molecule has 0 saturated carbocycles. The number of rotatable bonds is 4. The maximum atomic E-state index is 5.33. The summed E-state index contributed by atoms with van der Waals surface area (Å²) in [5.74, 6) is 1.82. The molecule has 7 heteroatoms. The lowest BCUT2D eigenvalue weighted by Gasteiger charge is -2.29. The largest absolute Gasteiger partial charge is 0.497 e. The Balaban J connectivity index is 0.00000243. The molecule has 0 aliphatic carbocycles. The van der Waals surface area contributed by atoms with Crippen LogP contribution in [-0.4, -0.2) is 47.9 Å². The number of nitrogens with one attached hydrogen (secondary N) is 1. The molecule has 1 aromatic carbocycles. The summed E-state index contributed by atoms with van der Waals surface area (Å²) in [5, 5.41) is 7.62. The number of aryl methyl sites for hydroxylation is 1. The lowest BCUT2D eigenvalue weighted by molar-refractivity contribution is 0.414. The van der Waals surface area contributed by atoms with Gasteiger partial charge >= 0.3 is 0 Å². The zero-order valence-electron chi connectivity index (χ0n) is 15.5. The first kappa shape index (κ1) is 20.3. The molecular weight excluding hydrogens is 441 g/mol. The fourth-order valence-corrected chi connectivity index (χ4v) is 3.02. The highest BCUT2D eigenvalue weighted by Gasteiger charge is 2.16. The Hall–Kier alpha value is -2.03. The summed E-state index contributed by atoms with van der Waals surface area (Å²) >= 11 is 0. The first-order valence-corrected chi connectivity index (χ1v) is 8.47. The normalized spacial score (nSPS) is 14.5. The van der Waals surface area contributed by atoms with E-state index in [1.807, 2.05) is 43.2 Å². The summed E-state index contributed by atoms with van der Waals surface area (Å²) in [7, 11) is 5.48. The van der Waals surface area contributed by atoms with Crippen molar-refractivity contribution in [1.82, 2.24) is 20.0 Å². The predicted octanol–water partition coefficient (Wildman–Crippen LogP) is 2.91. The van der Waals surface area contributed by atoms with Gasteiger partial charge in [-0.3, -0.25) is 9.67 Å². The lowest BCUT2D eigenvalue weighted by Crippen LogP contribution is -2.43. The van der Waals surface area contributed by atoms with Crippen molar-refractivity contribution in [3.63, 3.8) is 0 Å². The van der Waals surface area contributed by atoms with Crippen LogP contribution in [0.25, 0.3) is 5.57 Å². The van der Waals surface area contributed by atoms with Crippen molar-refractivity contribution in [3.8, 4) is 5.75 Å². The molecule has 2 aromatic rings. The first-order valence-electron chi connectivity index (χ1n) is 8.47. The third-order valence-corrected chi connectivity index (χ3v) is 4.51. The molecule has 0 atom stereocenters. The van der Waals surface area contributed by atoms with Gasteiger partial charge in [-0.2, -0.15) is 5.10 Å². The minimum absolute atomic E-state index is 0. The lowest BCUT2D eigenvalue weighted by atomic mass is 9.99. The van der Waals surface area contributed by atoms with Crippen LogP contribution in [0.3, 0.4) is 0 Å². The van der Waals surface area contributed by atoms with Gasteiger partial charge in [-0.25, -0.2) is 0 Å². The van der Waals surface area contributed by atoms with Crippen molar-refractivity contribution in [3.05, 3.63) is 53.9 Å². The number of aromatic nitrogens is 2. The van der Waals surface area contributed by atoms with Gasteiger partial charge in [0.15, 0.2) is 5.96 Å². The molecule has 6 nitrogen and oxygen atoms in total. The molecule has 0 bridgehead atoms. The van der Waals surface area contributed by atoms with E-state index < -0.39 is 0 Å². The number of halogens is 1. The summed E-state index contributed by atoms with van der Waals surface area (Å²) in [5.41, 5.74) is 3.72. The van der Waals surface area contributed by atoms with E-state index in [4.69, 9.17) is 4.74 Å². The van der Waals surface area contributed by atoms with Crippen LogP contribution in [0.1, 0.15) is 17.7 Å². The molecule has 0 spiro atoms. The number of benzene rings is 1. The Bertz CT molecular complexity index is 784. The summed E-state index contributed by atoms with van der Waals surface area (Å²) in [6, 6.07) is 10.3. The van der Waals surface area contributed by atoms with E-state index in [1.54, 1.807) is 7.11 Å². The van der Waals surface area contributed by atoms with Gasteiger partial charge in [0.1, 0.15) is 5.75 Å². The van der Waals surface area contributed by atoms with Crippen LogP contribution in [0.4, 0.5) is 0 Å². The molecule has 2 heterocycles. The van der Waals surface area contributed by atoms with Crippen molar-refractivity contribution in [2.75, 3.05) is 27.2 Å². The highest BCUT2D eigenvalue weighted by molar-refractivity contribution is 14.0. The first-order chi connectivity index (χ1) is 12.2. The van der Waals surface area contributed by atoms with Crippen LogP contribution in [0.2, 0.25) is 0 Å². The minimum Gasteiger partial charge on any atom is -0.497 e. The fourth-order valence-electron chi connectivity index (χ4n) is 3.02. The third kappa shape index (κ3) is 4.78. The molecular formula is C19H26IN5O. The van der Waals surface area contributed by atoms with Gasteiger partial charge in [0.2, 0.25) is 0 Å². The number of nitrogens with zero attached hydrogens (tertiary/aromatic N) is 4. The van der Waals surface area contributed by atoms with Crippen LogP contribution in [0.5, 0.6) is 5.75 Å². The summed E-state index contributed by atoms with van der Waals surface area (Å²) in [6.07, 6.45) is 5.07. The zero-order valence-corrected chi connectivity index (χ0v) is 17.8. The molecule has 1 aliphatic heterocycles. The Morgan fingerprint density at radius 3 is 2.81 bits per heavy atom. The van der Waals surface area contributed by atoms with Gasteiger partial charge in [0.25, 0.3) is 0 Å². The van der Waals surface area contributed by atoms with Crippen LogP contribution < -0.4 is 10.1 Å². The Kier molecular flexibility index (Phi) is 7.50. The topological polar surface area (TPSA) is 54.7 Å². The molecule has 0 fully saturated rings. The van der Waals surface area contributed by atoms with Crippen molar-refractivity contribution in [1.29, 1.82) is 0 Å². The smallest absolute Gasteiger partial charge is 0.194 e. The number of guanidine groups is 1. The molecule has 1 aliphatic rings. The number of hydrogen-bond donors (Lipinski definition) is 1. The van der Waals surface area contributed by atoms with Gasteiger partial charge in [-0.05, 0) is 35.8 Å². The Morgan fingerprint density at radius 2 is 2.19 bits per heavy atom. The van der Waals surface area contributed by atoms with E-state index in [9.17, 15) is 0 Å². The maximum Gasteiger partial charge on any atom is 0.194 e.